The highest BCUT2D eigenvalue weighted by atomic mass is 16.5. The van der Waals surface area contributed by atoms with Crippen molar-refractivity contribution in [2.75, 3.05) is 19.7 Å². The second-order valence-corrected chi connectivity index (χ2v) is 9.30. The highest BCUT2D eigenvalue weighted by Gasteiger charge is 2.35. The predicted octanol–water partition coefficient (Wildman–Crippen LogP) is 5.89. The second kappa shape index (κ2) is 9.04. The third-order valence-electron chi connectivity index (χ3n) is 7.09. The number of hydrogen-bond donors (Lipinski definition) is 2. The first-order chi connectivity index (χ1) is 17.2. The summed E-state index contributed by atoms with van der Waals surface area (Å²) in [5, 5.41) is 10.7. The van der Waals surface area contributed by atoms with Crippen molar-refractivity contribution < 1.29 is 9.15 Å². The number of nitrogens with one attached hydrogen (secondary N) is 2. The summed E-state index contributed by atoms with van der Waals surface area (Å²) < 4.78 is 12.4. The van der Waals surface area contributed by atoms with Crippen LogP contribution in [0.1, 0.15) is 24.1 Å². The molecule has 0 radical (unpaired) electrons. The molecule has 3 heterocycles. The monoisotopic (exact) mass is 464 g/mol. The molecular weight excluding hydrogens is 436 g/mol. The number of para-hydroxylation sites is 2. The van der Waals surface area contributed by atoms with E-state index in [1.165, 1.54) is 11.1 Å². The van der Waals surface area contributed by atoms with E-state index in [4.69, 9.17) is 9.15 Å². The molecule has 0 atom stereocenters. The lowest BCUT2D eigenvalue weighted by Gasteiger charge is -2.38. The van der Waals surface area contributed by atoms with E-state index in [2.05, 4.69) is 44.8 Å². The van der Waals surface area contributed by atoms with Crippen molar-refractivity contribution in [1.29, 1.82) is 0 Å². The van der Waals surface area contributed by atoms with Crippen molar-refractivity contribution >= 4 is 11.1 Å². The van der Waals surface area contributed by atoms with Crippen molar-refractivity contribution in [3.8, 4) is 28.3 Å². The lowest BCUT2D eigenvalue weighted by atomic mass is 9.73. The van der Waals surface area contributed by atoms with Gasteiger partial charge in [0, 0.05) is 22.7 Å². The summed E-state index contributed by atoms with van der Waals surface area (Å²) in [4.78, 5) is 4.63. The van der Waals surface area contributed by atoms with Gasteiger partial charge in [0.25, 0.3) is 0 Å². The van der Waals surface area contributed by atoms with Crippen LogP contribution in [0.2, 0.25) is 0 Å². The Morgan fingerprint density at radius 2 is 1.77 bits per heavy atom. The third kappa shape index (κ3) is 4.21. The third-order valence-corrected chi connectivity index (χ3v) is 7.09. The second-order valence-electron chi connectivity index (χ2n) is 9.30. The fourth-order valence-electron chi connectivity index (χ4n) is 5.01. The molecule has 6 nitrogen and oxygen atoms in total. The van der Waals surface area contributed by atoms with E-state index in [1.807, 2.05) is 61.7 Å². The summed E-state index contributed by atoms with van der Waals surface area (Å²) in [6, 6.07) is 24.8. The molecule has 2 aromatic heterocycles. The van der Waals surface area contributed by atoms with E-state index >= 15 is 0 Å². The van der Waals surface area contributed by atoms with E-state index < -0.39 is 0 Å². The Morgan fingerprint density at radius 3 is 2.54 bits per heavy atom. The average molecular weight is 465 g/mol. The average Bonchev–Trinajstić information content (AvgIpc) is 3.55. The minimum Gasteiger partial charge on any atom is -0.493 e. The summed E-state index contributed by atoms with van der Waals surface area (Å²) in [5.74, 6) is 1.44. The Bertz CT molecular complexity index is 1410. The minimum absolute atomic E-state index is 0.0389. The normalized spacial score (nSPS) is 15.3. The van der Waals surface area contributed by atoms with Gasteiger partial charge < -0.3 is 14.5 Å². The molecular formula is C29H28N4O2. The van der Waals surface area contributed by atoms with Gasteiger partial charge in [-0.1, -0.05) is 42.5 Å². The van der Waals surface area contributed by atoms with Gasteiger partial charge in [-0.25, -0.2) is 4.98 Å². The van der Waals surface area contributed by atoms with Crippen LogP contribution in [0.4, 0.5) is 0 Å². The number of H-pyrrole nitrogens is 1. The van der Waals surface area contributed by atoms with Gasteiger partial charge >= 0.3 is 0 Å². The molecule has 0 spiro atoms. The van der Waals surface area contributed by atoms with Crippen LogP contribution < -0.4 is 10.1 Å². The Morgan fingerprint density at radius 1 is 0.943 bits per heavy atom. The number of nitrogens with zero attached hydrogens (tertiary/aromatic N) is 2. The number of oxazole rings is 1. The van der Waals surface area contributed by atoms with Crippen LogP contribution in [-0.2, 0) is 5.41 Å². The number of rotatable bonds is 6. The van der Waals surface area contributed by atoms with Crippen LogP contribution in [0, 0.1) is 6.92 Å². The van der Waals surface area contributed by atoms with Crippen LogP contribution in [0.15, 0.2) is 83.4 Å². The lowest BCUT2D eigenvalue weighted by molar-refractivity contribution is 0.176. The molecule has 35 heavy (non-hydrogen) atoms. The Labute approximate surface area is 204 Å². The van der Waals surface area contributed by atoms with Crippen molar-refractivity contribution in [2.45, 2.75) is 25.2 Å². The molecule has 1 fully saturated rings. The molecule has 0 saturated carbocycles. The van der Waals surface area contributed by atoms with Crippen molar-refractivity contribution in [3.05, 3.63) is 90.3 Å². The molecule has 0 aliphatic carbocycles. The number of piperidine rings is 1. The molecule has 0 bridgehead atoms. The van der Waals surface area contributed by atoms with Crippen molar-refractivity contribution in [2.24, 2.45) is 0 Å². The molecule has 1 aliphatic heterocycles. The molecule has 0 amide bonds. The Hall–Kier alpha value is -3.90. The van der Waals surface area contributed by atoms with E-state index in [1.54, 1.807) is 0 Å². The summed E-state index contributed by atoms with van der Waals surface area (Å²) in [6.45, 7) is 4.61. The highest BCUT2D eigenvalue weighted by molar-refractivity contribution is 5.76. The molecule has 176 valence electrons. The quantitative estimate of drug-likeness (QED) is 0.328. The van der Waals surface area contributed by atoms with Gasteiger partial charge in [0.15, 0.2) is 5.58 Å². The summed E-state index contributed by atoms with van der Waals surface area (Å²) >= 11 is 0. The maximum atomic E-state index is 6.45. The number of aryl methyl sites for hydroxylation is 1. The molecule has 0 unspecified atom stereocenters. The first-order valence-electron chi connectivity index (χ1n) is 12.1. The molecule has 1 saturated heterocycles. The van der Waals surface area contributed by atoms with Gasteiger partial charge in [0.1, 0.15) is 11.3 Å². The van der Waals surface area contributed by atoms with E-state index in [9.17, 15) is 0 Å². The van der Waals surface area contributed by atoms with E-state index in [0.29, 0.717) is 12.5 Å². The number of hydrogen-bond acceptors (Lipinski definition) is 5. The topological polar surface area (TPSA) is 76.0 Å². The summed E-state index contributed by atoms with van der Waals surface area (Å²) in [5.41, 5.74) is 7.17. The number of aromatic amines is 1. The number of ether oxygens (including phenoxy) is 1. The van der Waals surface area contributed by atoms with Gasteiger partial charge in [-0.3, -0.25) is 5.10 Å². The van der Waals surface area contributed by atoms with Gasteiger partial charge in [0.05, 0.1) is 12.3 Å². The Kier molecular flexibility index (Phi) is 5.58. The Balaban J connectivity index is 1.24. The van der Waals surface area contributed by atoms with Crippen molar-refractivity contribution in [1.82, 2.24) is 20.5 Å². The molecule has 3 aromatic carbocycles. The minimum atomic E-state index is -0.0389. The van der Waals surface area contributed by atoms with Crippen molar-refractivity contribution in [3.63, 3.8) is 0 Å². The van der Waals surface area contributed by atoms with Gasteiger partial charge in [0.2, 0.25) is 5.89 Å². The lowest BCUT2D eigenvalue weighted by Crippen LogP contribution is -2.43. The van der Waals surface area contributed by atoms with Crippen LogP contribution in [0.5, 0.6) is 5.75 Å². The summed E-state index contributed by atoms with van der Waals surface area (Å²) in [7, 11) is 0. The fraction of sp³-hybridized carbons (Fsp3) is 0.241. The fourth-order valence-corrected chi connectivity index (χ4v) is 5.01. The molecule has 6 heteroatoms. The van der Waals surface area contributed by atoms with Crippen LogP contribution in [0.25, 0.3) is 33.7 Å². The van der Waals surface area contributed by atoms with Gasteiger partial charge in [-0.05, 0) is 74.3 Å². The SMILES string of the molecule is Cc1n[nH]cc1-c1ccc(C2(COc3cccc(-c4nc5ccccc5o4)c3)CCNCC2)cc1. The van der Waals surface area contributed by atoms with Crippen LogP contribution >= 0.6 is 0 Å². The van der Waals surface area contributed by atoms with E-state index in [0.717, 1.165) is 59.6 Å². The zero-order chi connectivity index (χ0) is 23.7. The van der Waals surface area contributed by atoms with Gasteiger partial charge in [-0.2, -0.15) is 5.10 Å². The molecule has 1 aliphatic rings. The molecule has 5 aromatic rings. The highest BCUT2D eigenvalue weighted by Crippen LogP contribution is 2.36. The zero-order valence-electron chi connectivity index (χ0n) is 19.8. The smallest absolute Gasteiger partial charge is 0.227 e. The maximum absolute atomic E-state index is 6.45. The molecule has 6 rings (SSSR count). The standard InChI is InChI=1S/C29H28N4O2/c1-20-25(18-31-33-20)21-9-11-23(12-10-21)29(13-15-30-16-14-29)19-34-24-6-4-5-22(17-24)28-32-26-7-2-3-8-27(26)35-28/h2-12,17-18,30H,13-16,19H2,1H3,(H,31,33). The van der Waals surface area contributed by atoms with Gasteiger partial charge in [-0.15, -0.1) is 0 Å². The largest absolute Gasteiger partial charge is 0.493 e. The number of aromatic nitrogens is 3. The zero-order valence-corrected chi connectivity index (χ0v) is 19.8. The van der Waals surface area contributed by atoms with Crippen LogP contribution in [-0.4, -0.2) is 34.9 Å². The number of benzene rings is 3. The van der Waals surface area contributed by atoms with E-state index in [-0.39, 0.29) is 5.41 Å². The molecule has 2 N–H and O–H groups in total. The summed E-state index contributed by atoms with van der Waals surface area (Å²) in [6.07, 6.45) is 4.02. The first-order valence-corrected chi connectivity index (χ1v) is 12.1. The van der Waals surface area contributed by atoms with Crippen LogP contribution in [0.3, 0.4) is 0 Å². The first kappa shape index (κ1) is 21.6. The predicted molar refractivity (Wildman–Crippen MR) is 137 cm³/mol. The maximum Gasteiger partial charge on any atom is 0.227 e. The number of fused-ring (bicyclic) bond motifs is 1.